The first kappa shape index (κ1) is 34.3. The van der Waals surface area contributed by atoms with Crippen LogP contribution in [-0.2, 0) is 26.4 Å². The van der Waals surface area contributed by atoms with E-state index in [-0.39, 0.29) is 44.4 Å². The minimum Gasteiger partial charge on any atom is -0.415 e. The van der Waals surface area contributed by atoms with Crippen LogP contribution in [0.15, 0.2) is 0 Å². The maximum absolute atomic E-state index is 14.7. The van der Waals surface area contributed by atoms with Crippen molar-refractivity contribution in [3.05, 3.63) is 0 Å². The van der Waals surface area contributed by atoms with Crippen LogP contribution in [0, 0.1) is 10.8 Å². The van der Waals surface area contributed by atoms with Gasteiger partial charge >= 0.3 is 0 Å². The average Bonchev–Trinajstić information content (AvgIpc) is 3.66. The molecule has 0 heterocycles. The van der Waals surface area contributed by atoms with Gasteiger partial charge in [0.25, 0.3) is 0 Å². The van der Waals surface area contributed by atoms with Crippen molar-refractivity contribution in [2.24, 2.45) is 10.8 Å². The zero-order valence-corrected chi connectivity index (χ0v) is 26.9. The highest BCUT2D eigenvalue weighted by molar-refractivity contribution is 7.85. The van der Waals surface area contributed by atoms with Crippen molar-refractivity contribution in [2.45, 2.75) is 134 Å². The van der Waals surface area contributed by atoms with E-state index in [1.54, 1.807) is 34.6 Å². The molecule has 2 fully saturated rings. The average molecular weight is 609 g/mol. The lowest BCUT2D eigenvalue weighted by atomic mass is 9.92. The maximum atomic E-state index is 14.7. The van der Waals surface area contributed by atoms with Crippen molar-refractivity contribution in [3.63, 3.8) is 0 Å². The Hall–Kier alpha value is 0.0769. The van der Waals surface area contributed by atoms with Gasteiger partial charge in [0.1, 0.15) is 11.0 Å². The number of nitrogens with zero attached hydrogens (tertiary/aromatic N) is 1. The third-order valence-electron chi connectivity index (χ3n) is 7.73. The number of alkyl halides is 4. The van der Waals surface area contributed by atoms with Gasteiger partial charge in [-0.15, -0.1) is 0 Å². The number of aliphatic hydroxyl groups excluding tert-OH is 1. The molecule has 38 heavy (non-hydrogen) atoms. The molecule has 0 bridgehead atoms. The monoisotopic (exact) mass is 608 g/mol. The Morgan fingerprint density at radius 3 is 1.74 bits per heavy atom. The summed E-state index contributed by atoms with van der Waals surface area (Å²) in [6.45, 7) is 15.4. The SMILES string of the molecule is CC(C)O[Si](C)(C)CC(N(C(CO)C1(C(F)F)CC1)[S@@](=O)C(C)(C)CN[S@@](=O)C(C)(C)C)C1(C(F)F)CC1. The van der Waals surface area contributed by atoms with Gasteiger partial charge in [-0.25, -0.2) is 35.0 Å². The summed E-state index contributed by atoms with van der Waals surface area (Å²) in [5.41, 5.74) is -3.12. The van der Waals surface area contributed by atoms with E-state index in [0.717, 1.165) is 0 Å². The Labute approximate surface area is 232 Å². The van der Waals surface area contributed by atoms with Gasteiger partial charge in [0.2, 0.25) is 12.9 Å². The molecule has 2 saturated carbocycles. The van der Waals surface area contributed by atoms with Gasteiger partial charge < -0.3 is 9.53 Å². The molecule has 0 aromatic heterocycles. The molecular weight excluding hydrogens is 560 g/mol. The maximum Gasteiger partial charge on any atom is 0.245 e. The molecule has 0 aromatic carbocycles. The van der Waals surface area contributed by atoms with Crippen molar-refractivity contribution < 1.29 is 35.5 Å². The highest BCUT2D eigenvalue weighted by Crippen LogP contribution is 2.61. The third-order valence-corrected chi connectivity index (χ3v) is 13.7. The summed E-state index contributed by atoms with van der Waals surface area (Å²) >= 11 is 0. The largest absolute Gasteiger partial charge is 0.415 e. The molecule has 2 aliphatic rings. The van der Waals surface area contributed by atoms with E-state index in [2.05, 4.69) is 4.72 Å². The number of halogens is 4. The van der Waals surface area contributed by atoms with Crippen molar-refractivity contribution >= 4 is 30.3 Å². The molecular formula is C25H48F4N2O4S2Si. The van der Waals surface area contributed by atoms with Crippen LogP contribution in [0.25, 0.3) is 0 Å². The van der Waals surface area contributed by atoms with Crippen LogP contribution < -0.4 is 4.72 Å². The number of hydrogen-bond acceptors (Lipinski definition) is 4. The highest BCUT2D eigenvalue weighted by atomic mass is 32.2. The molecule has 4 atom stereocenters. The first-order valence-electron chi connectivity index (χ1n) is 13.4. The minimum atomic E-state index is -2.80. The number of rotatable bonds is 16. The van der Waals surface area contributed by atoms with Crippen LogP contribution in [-0.4, -0.2) is 79.8 Å². The zero-order valence-electron chi connectivity index (χ0n) is 24.3. The molecule has 0 amide bonds. The van der Waals surface area contributed by atoms with Crippen LogP contribution in [0.5, 0.6) is 0 Å². The van der Waals surface area contributed by atoms with Gasteiger partial charge in [-0.05, 0) is 93.3 Å². The van der Waals surface area contributed by atoms with Crippen molar-refractivity contribution in [1.29, 1.82) is 0 Å². The lowest BCUT2D eigenvalue weighted by Gasteiger charge is -2.48. The van der Waals surface area contributed by atoms with E-state index in [9.17, 15) is 31.1 Å². The Balaban J connectivity index is 2.61. The summed E-state index contributed by atoms with van der Waals surface area (Å²) in [6, 6.07) is -2.13. The van der Waals surface area contributed by atoms with Crippen molar-refractivity contribution in [3.8, 4) is 0 Å². The van der Waals surface area contributed by atoms with E-state index in [1.807, 2.05) is 26.9 Å². The van der Waals surface area contributed by atoms with Gasteiger partial charge in [-0.3, -0.25) is 0 Å². The van der Waals surface area contributed by atoms with Gasteiger partial charge in [-0.1, -0.05) is 0 Å². The van der Waals surface area contributed by atoms with Gasteiger partial charge in [0.05, 0.1) is 38.5 Å². The van der Waals surface area contributed by atoms with Crippen LogP contribution in [0.4, 0.5) is 17.6 Å². The molecule has 0 saturated heterocycles. The topological polar surface area (TPSA) is 78.9 Å². The lowest BCUT2D eigenvalue weighted by Crippen LogP contribution is -2.62. The second-order valence-corrected chi connectivity index (χ2v) is 21.7. The molecule has 2 unspecified atom stereocenters. The van der Waals surface area contributed by atoms with E-state index >= 15 is 0 Å². The van der Waals surface area contributed by atoms with Crippen molar-refractivity contribution in [2.75, 3.05) is 13.2 Å². The smallest absolute Gasteiger partial charge is 0.245 e. The van der Waals surface area contributed by atoms with Crippen molar-refractivity contribution in [1.82, 2.24) is 9.03 Å². The summed E-state index contributed by atoms with van der Waals surface area (Å²) in [5, 5.41) is 10.5. The fraction of sp³-hybridized carbons (Fsp3) is 1.00. The van der Waals surface area contributed by atoms with Crippen LogP contribution in [0.2, 0.25) is 19.1 Å². The van der Waals surface area contributed by atoms with Crippen LogP contribution in [0.1, 0.15) is 74.1 Å². The lowest BCUT2D eigenvalue weighted by molar-refractivity contribution is -0.0356. The molecule has 2 rings (SSSR count). The molecule has 2 aliphatic carbocycles. The summed E-state index contributed by atoms with van der Waals surface area (Å²) in [7, 11) is -6.22. The van der Waals surface area contributed by atoms with Gasteiger partial charge in [-0.2, -0.15) is 0 Å². The van der Waals surface area contributed by atoms with E-state index < -0.39 is 82.2 Å². The standard InChI is InChI=1S/C25H48F4N2O4S2Si/c1-17(2)35-38(8,9)15-19(25(12-13-25)21(28)29)31(18(14-32)24(10-11-24)20(26)27)37(34)23(6,7)16-30-36(33)22(3,4)5/h17-21,30,32H,10-16H2,1-9H3/t18?,19?,36-,37-/m0/s1. The molecule has 0 aromatic rings. The van der Waals surface area contributed by atoms with E-state index in [0.29, 0.717) is 0 Å². The number of nitrogens with one attached hydrogen (secondary N) is 1. The first-order valence-corrected chi connectivity index (χ1v) is 18.7. The molecule has 2 N–H and O–H groups in total. The Kier molecular flexibility index (Phi) is 10.9. The number of hydrogen-bond donors (Lipinski definition) is 2. The zero-order chi connectivity index (χ0) is 29.5. The van der Waals surface area contributed by atoms with E-state index in [1.165, 1.54) is 4.31 Å². The predicted molar refractivity (Wildman–Crippen MR) is 148 cm³/mol. The first-order chi connectivity index (χ1) is 17.2. The molecule has 0 aliphatic heterocycles. The highest BCUT2D eigenvalue weighted by Gasteiger charge is 2.66. The summed E-state index contributed by atoms with van der Waals surface area (Å²) in [5.74, 6) is 0. The van der Waals surface area contributed by atoms with Gasteiger partial charge in [0.15, 0.2) is 8.32 Å². The quantitative estimate of drug-likeness (QED) is 0.186. The molecule has 13 heteroatoms. The Bertz CT molecular complexity index is 863. The fourth-order valence-electron chi connectivity index (χ4n) is 5.15. The summed E-state index contributed by atoms with van der Waals surface area (Å²) in [6.07, 6.45) is -5.10. The minimum absolute atomic E-state index is 0.00245. The van der Waals surface area contributed by atoms with Crippen LogP contribution in [0.3, 0.4) is 0 Å². The second-order valence-electron chi connectivity index (χ2n) is 13.5. The number of aliphatic hydroxyl groups is 1. The predicted octanol–water partition coefficient (Wildman–Crippen LogP) is 5.23. The second kappa shape index (κ2) is 12.1. The molecule has 6 nitrogen and oxygen atoms in total. The summed E-state index contributed by atoms with van der Waals surface area (Å²) in [4.78, 5) is 0. The fourth-order valence-corrected chi connectivity index (χ4v) is 11.0. The van der Waals surface area contributed by atoms with Crippen LogP contribution >= 0.6 is 0 Å². The molecule has 0 spiro atoms. The van der Waals surface area contributed by atoms with E-state index in [4.69, 9.17) is 4.43 Å². The Morgan fingerprint density at radius 2 is 1.39 bits per heavy atom. The normalized spacial score (nSPS) is 22.7. The van der Waals surface area contributed by atoms with Gasteiger partial charge in [0, 0.05) is 24.1 Å². The molecule has 226 valence electrons. The third kappa shape index (κ3) is 7.67. The Morgan fingerprint density at radius 1 is 0.947 bits per heavy atom. The summed E-state index contributed by atoms with van der Waals surface area (Å²) < 4.78 is 93.9. The molecule has 0 radical (unpaired) electrons.